The summed E-state index contributed by atoms with van der Waals surface area (Å²) in [6.45, 7) is 5.32. The van der Waals surface area contributed by atoms with Crippen molar-refractivity contribution in [3.63, 3.8) is 0 Å². The SMILES string of the molecule is CCC(C(=O)OC)C1(c2ccccc2C)COC1. The van der Waals surface area contributed by atoms with Gasteiger partial charge in [-0.1, -0.05) is 31.2 Å². The molecule has 1 atom stereocenters. The first kappa shape index (κ1) is 13.1. The number of carbonyl (C=O) groups is 1. The standard InChI is InChI=1S/C15H20O3/c1-4-12(14(16)17-3)15(9-18-10-15)13-8-6-5-7-11(13)2/h5-8,12H,4,9-10H2,1-3H3. The van der Waals surface area contributed by atoms with E-state index in [-0.39, 0.29) is 17.3 Å². The number of hydrogen-bond acceptors (Lipinski definition) is 3. The molecule has 1 aliphatic rings. The maximum absolute atomic E-state index is 12.0. The third-order valence-electron chi connectivity index (χ3n) is 3.96. The molecule has 1 aliphatic heterocycles. The molecule has 1 aromatic carbocycles. The Morgan fingerprint density at radius 1 is 1.44 bits per heavy atom. The summed E-state index contributed by atoms with van der Waals surface area (Å²) in [6, 6.07) is 8.22. The van der Waals surface area contributed by atoms with Gasteiger partial charge in [0.05, 0.1) is 31.7 Å². The van der Waals surface area contributed by atoms with E-state index in [4.69, 9.17) is 9.47 Å². The minimum absolute atomic E-state index is 0.127. The van der Waals surface area contributed by atoms with Crippen LogP contribution in [-0.2, 0) is 19.7 Å². The van der Waals surface area contributed by atoms with Gasteiger partial charge in [0.1, 0.15) is 0 Å². The van der Waals surface area contributed by atoms with Gasteiger partial charge >= 0.3 is 5.97 Å². The Kier molecular flexibility index (Phi) is 3.71. The fraction of sp³-hybridized carbons (Fsp3) is 0.533. The van der Waals surface area contributed by atoms with E-state index in [2.05, 4.69) is 19.1 Å². The highest BCUT2D eigenvalue weighted by Gasteiger charge is 2.50. The van der Waals surface area contributed by atoms with Crippen LogP contribution in [0.15, 0.2) is 24.3 Å². The van der Waals surface area contributed by atoms with Gasteiger partial charge in [0.2, 0.25) is 0 Å². The lowest BCUT2D eigenvalue weighted by Gasteiger charge is -2.46. The average Bonchev–Trinajstić information content (AvgIpc) is 2.34. The largest absolute Gasteiger partial charge is 0.469 e. The summed E-state index contributed by atoms with van der Waals surface area (Å²) in [6.07, 6.45) is 0.768. The molecule has 0 bridgehead atoms. The number of hydrogen-bond donors (Lipinski definition) is 0. The van der Waals surface area contributed by atoms with Crippen molar-refractivity contribution in [1.82, 2.24) is 0 Å². The normalized spacial score (nSPS) is 18.8. The van der Waals surface area contributed by atoms with E-state index in [0.29, 0.717) is 13.2 Å². The molecular formula is C15H20O3. The number of esters is 1. The third kappa shape index (κ3) is 1.93. The predicted octanol–water partition coefficient (Wildman–Crippen LogP) is 2.46. The molecule has 1 unspecified atom stereocenters. The van der Waals surface area contributed by atoms with Crippen molar-refractivity contribution in [3.05, 3.63) is 35.4 Å². The second-order valence-corrected chi connectivity index (χ2v) is 4.95. The number of ether oxygens (including phenoxy) is 2. The molecule has 3 heteroatoms. The van der Waals surface area contributed by atoms with Crippen molar-refractivity contribution < 1.29 is 14.3 Å². The first-order chi connectivity index (χ1) is 8.65. The Bertz CT molecular complexity index is 435. The van der Waals surface area contributed by atoms with E-state index in [9.17, 15) is 4.79 Å². The Morgan fingerprint density at radius 2 is 2.11 bits per heavy atom. The van der Waals surface area contributed by atoms with Gasteiger partial charge in [-0.15, -0.1) is 0 Å². The van der Waals surface area contributed by atoms with Crippen LogP contribution in [0.5, 0.6) is 0 Å². The topological polar surface area (TPSA) is 35.5 Å². The molecule has 98 valence electrons. The molecule has 2 rings (SSSR count). The molecule has 1 aromatic rings. The van der Waals surface area contributed by atoms with Gasteiger partial charge in [0.25, 0.3) is 0 Å². The molecule has 0 aromatic heterocycles. The molecule has 0 N–H and O–H groups in total. The van der Waals surface area contributed by atoms with Gasteiger partial charge in [-0.3, -0.25) is 4.79 Å². The highest BCUT2D eigenvalue weighted by atomic mass is 16.5. The van der Waals surface area contributed by atoms with Crippen molar-refractivity contribution in [3.8, 4) is 0 Å². The number of rotatable bonds is 4. The lowest BCUT2D eigenvalue weighted by Crippen LogP contribution is -2.55. The highest BCUT2D eigenvalue weighted by molar-refractivity contribution is 5.75. The fourth-order valence-corrected chi connectivity index (χ4v) is 2.92. The van der Waals surface area contributed by atoms with Crippen molar-refractivity contribution in [2.75, 3.05) is 20.3 Å². The molecular weight excluding hydrogens is 228 g/mol. The maximum atomic E-state index is 12.0. The van der Waals surface area contributed by atoms with Crippen LogP contribution in [0.3, 0.4) is 0 Å². The summed E-state index contributed by atoms with van der Waals surface area (Å²) in [5.41, 5.74) is 2.23. The zero-order valence-corrected chi connectivity index (χ0v) is 11.2. The molecule has 1 heterocycles. The summed E-state index contributed by atoms with van der Waals surface area (Å²) in [7, 11) is 1.45. The summed E-state index contributed by atoms with van der Waals surface area (Å²) in [4.78, 5) is 12.0. The second kappa shape index (κ2) is 5.11. The van der Waals surface area contributed by atoms with Crippen LogP contribution in [0.2, 0.25) is 0 Å². The first-order valence-electron chi connectivity index (χ1n) is 6.37. The highest BCUT2D eigenvalue weighted by Crippen LogP contribution is 2.42. The van der Waals surface area contributed by atoms with Crippen LogP contribution in [0, 0.1) is 12.8 Å². The van der Waals surface area contributed by atoms with Crippen LogP contribution in [0.4, 0.5) is 0 Å². The van der Waals surface area contributed by atoms with Crippen molar-refractivity contribution in [2.45, 2.75) is 25.7 Å². The van der Waals surface area contributed by atoms with Gasteiger partial charge in [-0.05, 0) is 24.5 Å². The van der Waals surface area contributed by atoms with Gasteiger partial charge in [0, 0.05) is 0 Å². The zero-order valence-electron chi connectivity index (χ0n) is 11.2. The van der Waals surface area contributed by atoms with E-state index in [1.165, 1.54) is 18.2 Å². The Hall–Kier alpha value is -1.35. The average molecular weight is 248 g/mol. The third-order valence-corrected chi connectivity index (χ3v) is 3.96. The zero-order chi connectivity index (χ0) is 13.2. The van der Waals surface area contributed by atoms with Gasteiger partial charge in [0.15, 0.2) is 0 Å². The summed E-state index contributed by atoms with van der Waals surface area (Å²) in [5, 5.41) is 0. The van der Waals surface area contributed by atoms with Crippen molar-refractivity contribution in [1.29, 1.82) is 0 Å². The molecule has 1 saturated heterocycles. The van der Waals surface area contributed by atoms with Gasteiger partial charge < -0.3 is 9.47 Å². The van der Waals surface area contributed by atoms with Crippen molar-refractivity contribution >= 4 is 5.97 Å². The molecule has 3 nitrogen and oxygen atoms in total. The van der Waals surface area contributed by atoms with E-state index in [1.54, 1.807) is 0 Å². The lowest BCUT2D eigenvalue weighted by atomic mass is 9.66. The number of benzene rings is 1. The fourth-order valence-electron chi connectivity index (χ4n) is 2.92. The van der Waals surface area contributed by atoms with Crippen LogP contribution < -0.4 is 0 Å². The van der Waals surface area contributed by atoms with Gasteiger partial charge in [-0.25, -0.2) is 0 Å². The molecule has 0 aliphatic carbocycles. The molecule has 0 saturated carbocycles. The van der Waals surface area contributed by atoms with Gasteiger partial charge in [-0.2, -0.15) is 0 Å². The molecule has 0 spiro atoms. The molecule has 18 heavy (non-hydrogen) atoms. The van der Waals surface area contributed by atoms with Crippen LogP contribution in [0.1, 0.15) is 24.5 Å². The smallest absolute Gasteiger partial charge is 0.309 e. The van der Waals surface area contributed by atoms with Crippen LogP contribution >= 0.6 is 0 Å². The number of carbonyl (C=O) groups excluding carboxylic acids is 1. The number of aryl methyl sites for hydroxylation is 1. The Labute approximate surface area is 108 Å². The van der Waals surface area contributed by atoms with E-state index >= 15 is 0 Å². The van der Waals surface area contributed by atoms with E-state index < -0.39 is 0 Å². The minimum atomic E-state index is -0.201. The summed E-state index contributed by atoms with van der Waals surface area (Å²) in [5.74, 6) is -0.263. The second-order valence-electron chi connectivity index (χ2n) is 4.95. The molecule has 0 amide bonds. The maximum Gasteiger partial charge on any atom is 0.309 e. The molecule has 1 fully saturated rings. The van der Waals surface area contributed by atoms with Crippen LogP contribution in [-0.4, -0.2) is 26.3 Å². The van der Waals surface area contributed by atoms with Crippen LogP contribution in [0.25, 0.3) is 0 Å². The minimum Gasteiger partial charge on any atom is -0.469 e. The first-order valence-corrected chi connectivity index (χ1v) is 6.37. The summed E-state index contributed by atoms with van der Waals surface area (Å²) < 4.78 is 10.4. The Balaban J connectivity index is 2.42. The number of methoxy groups -OCH3 is 1. The van der Waals surface area contributed by atoms with E-state index in [1.807, 2.05) is 19.1 Å². The monoisotopic (exact) mass is 248 g/mol. The quantitative estimate of drug-likeness (QED) is 0.768. The Morgan fingerprint density at radius 3 is 2.56 bits per heavy atom. The lowest BCUT2D eigenvalue weighted by molar-refractivity contribution is -0.160. The molecule has 0 radical (unpaired) electrons. The van der Waals surface area contributed by atoms with Crippen molar-refractivity contribution in [2.24, 2.45) is 5.92 Å². The van der Waals surface area contributed by atoms with E-state index in [0.717, 1.165) is 6.42 Å². The summed E-state index contributed by atoms with van der Waals surface area (Å²) >= 11 is 0. The predicted molar refractivity (Wildman–Crippen MR) is 69.5 cm³/mol.